The highest BCUT2D eigenvalue weighted by molar-refractivity contribution is 6.02. The molecule has 0 saturated heterocycles. The van der Waals surface area contributed by atoms with Crippen molar-refractivity contribution in [1.82, 2.24) is 10.2 Å². The number of rotatable bonds is 4. The van der Waals surface area contributed by atoms with Crippen LogP contribution in [0.5, 0.6) is 0 Å². The number of amides is 1. The Balaban J connectivity index is 1.69. The maximum Gasteiger partial charge on any atom is 0.416 e. The molecule has 0 aliphatic heterocycles. The Morgan fingerprint density at radius 3 is 2.29 bits per heavy atom. The van der Waals surface area contributed by atoms with Gasteiger partial charge in [0.25, 0.3) is 5.91 Å². The van der Waals surface area contributed by atoms with Gasteiger partial charge in [0.2, 0.25) is 0 Å². The van der Waals surface area contributed by atoms with Crippen LogP contribution >= 0.6 is 0 Å². The van der Waals surface area contributed by atoms with Gasteiger partial charge in [-0.05, 0) is 42.5 Å². The summed E-state index contributed by atoms with van der Waals surface area (Å²) < 4.78 is 64.2. The number of aromatic nitrogens is 2. The van der Waals surface area contributed by atoms with Crippen LogP contribution in [0.25, 0.3) is 0 Å². The lowest BCUT2D eigenvalue weighted by atomic mass is 10.2. The quantitative estimate of drug-likeness (QED) is 0.626. The highest BCUT2D eigenvalue weighted by atomic mass is 19.4. The van der Waals surface area contributed by atoms with Crippen LogP contribution < -0.4 is 10.6 Å². The Kier molecular flexibility index (Phi) is 5.21. The lowest BCUT2D eigenvalue weighted by Gasteiger charge is -2.10. The number of hydrogen-bond acceptors (Lipinski definition) is 4. The summed E-state index contributed by atoms with van der Waals surface area (Å²) in [6.07, 6.45) is -4.48. The molecule has 0 spiro atoms. The molecule has 1 heterocycles. The lowest BCUT2D eigenvalue weighted by Crippen LogP contribution is -2.15. The fourth-order valence-electron chi connectivity index (χ4n) is 2.21. The number of benzene rings is 2. The summed E-state index contributed by atoms with van der Waals surface area (Å²) >= 11 is 0. The minimum atomic E-state index is -4.48. The first-order chi connectivity index (χ1) is 13.2. The van der Waals surface area contributed by atoms with E-state index >= 15 is 0 Å². The van der Waals surface area contributed by atoms with Crippen LogP contribution in [0.4, 0.5) is 39.1 Å². The number of carbonyl (C=O) groups excluding carboxylic acids is 1. The molecule has 2 aromatic carbocycles. The monoisotopic (exact) mass is 394 g/mol. The zero-order valence-electron chi connectivity index (χ0n) is 13.9. The van der Waals surface area contributed by atoms with Gasteiger partial charge in [-0.3, -0.25) is 4.79 Å². The van der Waals surface area contributed by atoms with Crippen LogP contribution in [0.1, 0.15) is 16.1 Å². The van der Waals surface area contributed by atoms with Crippen molar-refractivity contribution in [3.63, 3.8) is 0 Å². The fourth-order valence-corrected chi connectivity index (χ4v) is 2.21. The number of nitrogens with one attached hydrogen (secondary N) is 2. The maximum atomic E-state index is 13.2. The molecular weight excluding hydrogens is 383 g/mol. The number of halogens is 5. The molecule has 0 aliphatic carbocycles. The van der Waals surface area contributed by atoms with Gasteiger partial charge < -0.3 is 10.6 Å². The smallest absolute Gasteiger partial charge is 0.339 e. The molecule has 0 atom stereocenters. The van der Waals surface area contributed by atoms with E-state index in [4.69, 9.17) is 0 Å². The molecule has 0 saturated carbocycles. The molecular formula is C18H11F5N4O. The Hall–Kier alpha value is -3.56. The molecule has 0 radical (unpaired) electrons. The topological polar surface area (TPSA) is 66.9 Å². The number of hydrogen-bond donors (Lipinski definition) is 2. The van der Waals surface area contributed by atoms with Crippen LogP contribution in [0.3, 0.4) is 0 Å². The van der Waals surface area contributed by atoms with Gasteiger partial charge in [0, 0.05) is 17.4 Å². The van der Waals surface area contributed by atoms with Gasteiger partial charge in [-0.25, -0.2) is 8.78 Å². The summed E-state index contributed by atoms with van der Waals surface area (Å²) in [5.74, 6) is -2.78. The highest BCUT2D eigenvalue weighted by Gasteiger charge is 2.30. The molecule has 3 aromatic rings. The van der Waals surface area contributed by atoms with E-state index in [9.17, 15) is 26.7 Å². The predicted octanol–water partition coefficient (Wildman–Crippen LogP) is 4.77. The molecule has 1 amide bonds. The molecule has 0 bridgehead atoms. The summed E-state index contributed by atoms with van der Waals surface area (Å²) in [4.78, 5) is 12.1. The largest absolute Gasteiger partial charge is 0.416 e. The Morgan fingerprint density at radius 1 is 0.857 bits per heavy atom. The molecule has 3 rings (SSSR count). The van der Waals surface area contributed by atoms with E-state index < -0.39 is 29.3 Å². The average Bonchev–Trinajstić information content (AvgIpc) is 2.65. The Bertz CT molecular complexity index is 1010. The molecule has 5 nitrogen and oxygen atoms in total. The minimum Gasteiger partial charge on any atom is -0.339 e. The Morgan fingerprint density at radius 2 is 1.64 bits per heavy atom. The average molecular weight is 394 g/mol. The van der Waals surface area contributed by atoms with Crippen molar-refractivity contribution in [2.75, 3.05) is 10.6 Å². The van der Waals surface area contributed by atoms with Gasteiger partial charge in [0.05, 0.1) is 5.56 Å². The van der Waals surface area contributed by atoms with Gasteiger partial charge in [-0.15, -0.1) is 10.2 Å². The SMILES string of the molecule is O=C(Nc1ccc(F)c(F)c1)c1ccc(Nc2cccc(C(F)(F)F)c2)nn1. The summed E-state index contributed by atoms with van der Waals surface area (Å²) in [5, 5.41) is 12.4. The van der Waals surface area contributed by atoms with E-state index in [0.717, 1.165) is 24.3 Å². The zero-order chi connectivity index (χ0) is 20.3. The summed E-state index contributed by atoms with van der Waals surface area (Å²) in [6, 6.07) is 9.96. The number of anilines is 3. The molecule has 0 unspecified atom stereocenters. The van der Waals surface area contributed by atoms with E-state index in [2.05, 4.69) is 20.8 Å². The lowest BCUT2D eigenvalue weighted by molar-refractivity contribution is -0.137. The van der Waals surface area contributed by atoms with Crippen molar-refractivity contribution in [2.45, 2.75) is 6.18 Å². The number of alkyl halides is 3. The van der Waals surface area contributed by atoms with Gasteiger partial charge in [-0.1, -0.05) is 6.07 Å². The van der Waals surface area contributed by atoms with Crippen molar-refractivity contribution in [2.24, 2.45) is 0 Å². The van der Waals surface area contributed by atoms with Gasteiger partial charge in [0.1, 0.15) is 0 Å². The second kappa shape index (κ2) is 7.59. The van der Waals surface area contributed by atoms with E-state index in [-0.39, 0.29) is 22.9 Å². The predicted molar refractivity (Wildman–Crippen MR) is 91.1 cm³/mol. The van der Waals surface area contributed by atoms with Crippen LogP contribution in [0.15, 0.2) is 54.6 Å². The fraction of sp³-hybridized carbons (Fsp3) is 0.0556. The molecule has 2 N–H and O–H groups in total. The van der Waals surface area contributed by atoms with Crippen molar-refractivity contribution in [1.29, 1.82) is 0 Å². The molecule has 10 heteroatoms. The van der Waals surface area contributed by atoms with Crippen LogP contribution in [0.2, 0.25) is 0 Å². The summed E-state index contributed by atoms with van der Waals surface area (Å²) in [7, 11) is 0. The van der Waals surface area contributed by atoms with Crippen LogP contribution in [-0.2, 0) is 6.18 Å². The van der Waals surface area contributed by atoms with Crippen LogP contribution in [0, 0.1) is 11.6 Å². The first-order valence-corrected chi connectivity index (χ1v) is 7.77. The van der Waals surface area contributed by atoms with Gasteiger partial charge in [-0.2, -0.15) is 13.2 Å². The zero-order valence-corrected chi connectivity index (χ0v) is 13.9. The number of nitrogens with zero attached hydrogens (tertiary/aromatic N) is 2. The molecule has 28 heavy (non-hydrogen) atoms. The first kappa shape index (κ1) is 19.2. The normalized spacial score (nSPS) is 11.2. The van der Waals surface area contributed by atoms with E-state index in [1.54, 1.807) is 0 Å². The van der Waals surface area contributed by atoms with Crippen molar-refractivity contribution in [3.05, 3.63) is 77.5 Å². The maximum absolute atomic E-state index is 13.2. The molecule has 0 aliphatic rings. The second-order valence-electron chi connectivity index (χ2n) is 5.59. The molecule has 144 valence electrons. The summed E-state index contributed by atoms with van der Waals surface area (Å²) in [5.41, 5.74) is -0.785. The van der Waals surface area contributed by atoms with E-state index in [0.29, 0.717) is 0 Å². The first-order valence-electron chi connectivity index (χ1n) is 7.77. The van der Waals surface area contributed by atoms with Crippen molar-refractivity contribution >= 4 is 23.1 Å². The van der Waals surface area contributed by atoms with Crippen molar-refractivity contribution < 1.29 is 26.7 Å². The minimum absolute atomic E-state index is 0.0249. The van der Waals surface area contributed by atoms with Gasteiger partial charge >= 0.3 is 6.18 Å². The van der Waals surface area contributed by atoms with E-state index in [1.807, 2.05) is 0 Å². The second-order valence-corrected chi connectivity index (χ2v) is 5.59. The highest BCUT2D eigenvalue weighted by Crippen LogP contribution is 2.31. The third-order valence-electron chi connectivity index (χ3n) is 3.54. The third kappa shape index (κ3) is 4.58. The standard InChI is InChI=1S/C18H11F5N4O/c19-13-5-4-12(9-14(13)20)25-17(28)15-6-7-16(27-26-15)24-11-3-1-2-10(8-11)18(21,22)23/h1-9H,(H,24,27)(H,25,28). The Labute approximate surface area is 155 Å². The van der Waals surface area contributed by atoms with Crippen molar-refractivity contribution in [3.8, 4) is 0 Å². The molecule has 1 aromatic heterocycles. The molecule has 0 fully saturated rings. The van der Waals surface area contributed by atoms with Gasteiger partial charge in [0.15, 0.2) is 23.1 Å². The van der Waals surface area contributed by atoms with Crippen LogP contribution in [-0.4, -0.2) is 16.1 Å². The van der Waals surface area contributed by atoms with E-state index in [1.165, 1.54) is 30.3 Å². The third-order valence-corrected chi connectivity index (χ3v) is 3.54. The summed E-state index contributed by atoms with van der Waals surface area (Å²) in [6.45, 7) is 0. The number of carbonyl (C=O) groups is 1.